The maximum Gasteiger partial charge on any atom is 0.210 e. The Labute approximate surface area is 292 Å². The second-order valence-corrected chi connectivity index (χ2v) is 16.2. The zero-order valence-corrected chi connectivity index (χ0v) is 29.0. The molecule has 50 heavy (non-hydrogen) atoms. The minimum atomic E-state index is -3.62. The first kappa shape index (κ1) is 31.6. The SMILES string of the molecule is CN1c2ccccc2S(=O)(=O)c2cc(C=Cc3ccc(-c4ccc(C=Cc5ccc6c(c5)S(=O)(=O)c5ccccc5N6C)cc4)cc3)ccc21. The fourth-order valence-corrected chi connectivity index (χ4v) is 10.1. The summed E-state index contributed by atoms with van der Waals surface area (Å²) in [5.41, 5.74) is 8.45. The second kappa shape index (κ2) is 12.0. The topological polar surface area (TPSA) is 74.8 Å². The monoisotopic (exact) mass is 692 g/mol. The first-order chi connectivity index (χ1) is 24.1. The standard InChI is InChI=1S/C42H32N2O4S2/c1-43-35-7-3-5-9-39(35)49(45,46)41-27-31(19-25-37(41)43)13-11-29-15-21-33(22-16-29)34-23-17-30(18-24-34)12-14-32-20-26-38-42(28-32)50(47,48)40-10-6-4-8-36(40)44(38)2/h3-28H,1-2H3. The minimum Gasteiger partial charge on any atom is -0.342 e. The molecule has 2 aliphatic rings. The third-order valence-electron chi connectivity index (χ3n) is 9.39. The molecule has 0 saturated heterocycles. The molecule has 0 spiro atoms. The summed E-state index contributed by atoms with van der Waals surface area (Å²) in [7, 11) is -3.46. The third-order valence-corrected chi connectivity index (χ3v) is 13.1. The number of hydrogen-bond donors (Lipinski definition) is 0. The van der Waals surface area contributed by atoms with E-state index < -0.39 is 19.7 Å². The number of anilines is 4. The van der Waals surface area contributed by atoms with Crippen LogP contribution in [-0.4, -0.2) is 30.9 Å². The van der Waals surface area contributed by atoms with Crippen molar-refractivity contribution in [2.24, 2.45) is 0 Å². The average molecular weight is 693 g/mol. The quantitative estimate of drug-likeness (QED) is 0.168. The van der Waals surface area contributed by atoms with E-state index in [1.165, 1.54) is 0 Å². The second-order valence-electron chi connectivity index (χ2n) is 12.4. The van der Waals surface area contributed by atoms with E-state index in [0.29, 0.717) is 42.3 Å². The lowest BCUT2D eigenvalue weighted by molar-refractivity contribution is 0.593. The van der Waals surface area contributed by atoms with Crippen molar-refractivity contribution >= 4 is 66.7 Å². The summed E-state index contributed by atoms with van der Waals surface area (Å²) in [4.78, 5) is 5.10. The molecule has 0 unspecified atom stereocenters. The molecule has 0 fully saturated rings. The number of rotatable bonds is 5. The van der Waals surface area contributed by atoms with Crippen molar-refractivity contribution in [3.8, 4) is 11.1 Å². The van der Waals surface area contributed by atoms with Gasteiger partial charge in [0.15, 0.2) is 0 Å². The highest BCUT2D eigenvalue weighted by molar-refractivity contribution is 7.92. The van der Waals surface area contributed by atoms with Gasteiger partial charge in [0.1, 0.15) is 0 Å². The molecule has 6 nitrogen and oxygen atoms in total. The Kier molecular flexibility index (Phi) is 7.58. The van der Waals surface area contributed by atoms with E-state index >= 15 is 0 Å². The Morgan fingerprint density at radius 3 is 1.10 bits per heavy atom. The summed E-state index contributed by atoms with van der Waals surface area (Å²) < 4.78 is 53.6. The van der Waals surface area contributed by atoms with Gasteiger partial charge < -0.3 is 9.80 Å². The molecule has 246 valence electrons. The van der Waals surface area contributed by atoms with Crippen LogP contribution in [0.1, 0.15) is 22.3 Å². The number of benzene rings is 6. The smallest absolute Gasteiger partial charge is 0.210 e. The molecule has 0 aromatic heterocycles. The van der Waals surface area contributed by atoms with E-state index in [2.05, 4.69) is 24.3 Å². The van der Waals surface area contributed by atoms with Crippen LogP contribution in [0, 0.1) is 0 Å². The first-order valence-electron chi connectivity index (χ1n) is 16.1. The van der Waals surface area contributed by atoms with Gasteiger partial charge in [0.2, 0.25) is 19.7 Å². The van der Waals surface area contributed by atoms with Gasteiger partial charge in [-0.05, 0) is 81.9 Å². The molecule has 0 N–H and O–H groups in total. The van der Waals surface area contributed by atoms with Crippen molar-refractivity contribution in [2.45, 2.75) is 19.6 Å². The van der Waals surface area contributed by atoms with Crippen molar-refractivity contribution in [3.05, 3.63) is 156 Å². The van der Waals surface area contributed by atoms with Gasteiger partial charge in [-0.2, -0.15) is 0 Å². The van der Waals surface area contributed by atoms with Crippen LogP contribution in [-0.2, 0) is 19.7 Å². The van der Waals surface area contributed by atoms with Crippen LogP contribution in [0.3, 0.4) is 0 Å². The molecular weight excluding hydrogens is 661 g/mol. The Balaban J connectivity index is 0.964. The molecule has 8 heteroatoms. The fourth-order valence-electron chi connectivity index (χ4n) is 6.63. The van der Waals surface area contributed by atoms with Crippen molar-refractivity contribution in [1.29, 1.82) is 0 Å². The van der Waals surface area contributed by atoms with Crippen LogP contribution in [0.5, 0.6) is 0 Å². The van der Waals surface area contributed by atoms with E-state index in [-0.39, 0.29) is 0 Å². The van der Waals surface area contributed by atoms with Gasteiger partial charge in [-0.25, -0.2) is 16.8 Å². The molecule has 0 bridgehead atoms. The fraction of sp³-hybridized carbons (Fsp3) is 0.0476. The Morgan fingerprint density at radius 1 is 0.380 bits per heavy atom. The zero-order valence-electron chi connectivity index (χ0n) is 27.4. The number of nitrogens with zero attached hydrogens (tertiary/aromatic N) is 2. The highest BCUT2D eigenvalue weighted by Crippen LogP contribution is 2.44. The van der Waals surface area contributed by atoms with Crippen molar-refractivity contribution in [2.75, 3.05) is 23.9 Å². The summed E-state index contributed by atoms with van der Waals surface area (Å²) in [6.45, 7) is 0. The lowest BCUT2D eigenvalue weighted by Gasteiger charge is -2.29. The van der Waals surface area contributed by atoms with Crippen LogP contribution in [0.4, 0.5) is 22.7 Å². The van der Waals surface area contributed by atoms with Crippen LogP contribution < -0.4 is 9.80 Å². The highest BCUT2D eigenvalue weighted by Gasteiger charge is 2.33. The molecule has 0 aliphatic carbocycles. The summed E-state index contributed by atoms with van der Waals surface area (Å²) in [5, 5.41) is 0. The van der Waals surface area contributed by atoms with Gasteiger partial charge in [-0.1, -0.05) is 109 Å². The van der Waals surface area contributed by atoms with E-state index in [9.17, 15) is 16.8 Å². The third kappa shape index (κ3) is 5.33. The van der Waals surface area contributed by atoms with Crippen molar-refractivity contribution in [3.63, 3.8) is 0 Å². The Bertz CT molecular complexity index is 2410. The molecule has 2 heterocycles. The molecule has 0 amide bonds. The normalized spacial score (nSPS) is 15.4. The van der Waals surface area contributed by atoms with Gasteiger partial charge >= 0.3 is 0 Å². The number of para-hydroxylation sites is 2. The van der Waals surface area contributed by atoms with Gasteiger partial charge in [0.25, 0.3) is 0 Å². The maximum atomic E-state index is 13.4. The summed E-state index contributed by atoms with van der Waals surface area (Å²) >= 11 is 0. The van der Waals surface area contributed by atoms with E-state index in [1.807, 2.05) is 121 Å². The molecule has 0 saturated carbocycles. The first-order valence-corrected chi connectivity index (χ1v) is 19.1. The lowest BCUT2D eigenvalue weighted by atomic mass is 10.0. The van der Waals surface area contributed by atoms with Gasteiger partial charge in [0.05, 0.1) is 42.3 Å². The summed E-state index contributed by atoms with van der Waals surface area (Å²) in [6, 6.07) is 41.7. The predicted molar refractivity (Wildman–Crippen MR) is 203 cm³/mol. The number of sulfone groups is 2. The number of hydrogen-bond acceptors (Lipinski definition) is 6. The maximum absolute atomic E-state index is 13.4. The summed E-state index contributed by atoms with van der Waals surface area (Å²) in [6.07, 6.45) is 7.83. The highest BCUT2D eigenvalue weighted by atomic mass is 32.2. The van der Waals surface area contributed by atoms with Crippen molar-refractivity contribution < 1.29 is 16.8 Å². The lowest BCUT2D eigenvalue weighted by Crippen LogP contribution is -2.22. The molecule has 0 atom stereocenters. The van der Waals surface area contributed by atoms with E-state index in [4.69, 9.17) is 0 Å². The van der Waals surface area contributed by atoms with Crippen LogP contribution >= 0.6 is 0 Å². The van der Waals surface area contributed by atoms with Gasteiger partial charge in [-0.3, -0.25) is 0 Å². The molecule has 2 aliphatic heterocycles. The van der Waals surface area contributed by atoms with Gasteiger partial charge in [0, 0.05) is 14.1 Å². The van der Waals surface area contributed by atoms with Crippen LogP contribution in [0.2, 0.25) is 0 Å². The molecule has 6 aromatic carbocycles. The average Bonchev–Trinajstić information content (AvgIpc) is 3.15. The Morgan fingerprint density at radius 2 is 0.700 bits per heavy atom. The molecular formula is C42H32N2O4S2. The molecule has 6 aromatic rings. The van der Waals surface area contributed by atoms with Crippen molar-refractivity contribution in [1.82, 2.24) is 0 Å². The van der Waals surface area contributed by atoms with Crippen LogP contribution in [0.15, 0.2) is 153 Å². The van der Waals surface area contributed by atoms with E-state index in [0.717, 1.165) is 33.4 Å². The van der Waals surface area contributed by atoms with Crippen LogP contribution in [0.25, 0.3) is 35.4 Å². The molecule has 0 radical (unpaired) electrons. The zero-order chi connectivity index (χ0) is 34.6. The summed E-state index contributed by atoms with van der Waals surface area (Å²) in [5.74, 6) is 0. The van der Waals surface area contributed by atoms with E-state index in [1.54, 1.807) is 36.4 Å². The number of fused-ring (bicyclic) bond motifs is 4. The largest absolute Gasteiger partial charge is 0.342 e. The molecule has 8 rings (SSSR count). The minimum absolute atomic E-state index is 0.309. The Hall–Kier alpha value is -5.70. The predicted octanol–water partition coefficient (Wildman–Crippen LogP) is 9.52. The van der Waals surface area contributed by atoms with Gasteiger partial charge in [-0.15, -0.1) is 0 Å².